The fourth-order valence-electron chi connectivity index (χ4n) is 2.38. The number of hydrogen-bond acceptors (Lipinski definition) is 3. The summed E-state index contributed by atoms with van der Waals surface area (Å²) in [7, 11) is 3.59. The Bertz CT molecular complexity index is 223. The fourth-order valence-corrected chi connectivity index (χ4v) is 2.38. The molecule has 17 heavy (non-hydrogen) atoms. The van der Waals surface area contributed by atoms with E-state index in [0.29, 0.717) is 19.0 Å². The predicted octanol–water partition coefficient (Wildman–Crippen LogP) is 1.10. The topological polar surface area (TPSA) is 58.4 Å². The van der Waals surface area contributed by atoms with Crippen molar-refractivity contribution in [2.45, 2.75) is 57.0 Å². The minimum atomic E-state index is 0.132. The van der Waals surface area contributed by atoms with Gasteiger partial charge in [-0.3, -0.25) is 4.79 Å². The number of amides is 1. The Morgan fingerprint density at radius 3 is 2.35 bits per heavy atom. The number of hydrogen-bond donors (Lipinski definition) is 2. The van der Waals surface area contributed by atoms with E-state index in [1.165, 1.54) is 38.5 Å². The average molecular weight is 241 g/mol. The van der Waals surface area contributed by atoms with Crippen molar-refractivity contribution in [3.05, 3.63) is 0 Å². The molecule has 1 rings (SSSR count). The van der Waals surface area contributed by atoms with Crippen LogP contribution in [-0.2, 0) is 4.79 Å². The van der Waals surface area contributed by atoms with Gasteiger partial charge in [0.1, 0.15) is 0 Å². The molecule has 1 aliphatic carbocycles. The molecule has 0 aromatic carbocycles. The summed E-state index contributed by atoms with van der Waals surface area (Å²) < 4.78 is 0. The maximum atomic E-state index is 11.7. The number of nitrogens with two attached hydrogens (primary N) is 1. The van der Waals surface area contributed by atoms with Crippen LogP contribution >= 0.6 is 0 Å². The summed E-state index contributed by atoms with van der Waals surface area (Å²) >= 11 is 0. The molecule has 1 saturated carbocycles. The van der Waals surface area contributed by atoms with Crippen molar-refractivity contribution < 1.29 is 4.79 Å². The molecule has 0 aliphatic heterocycles. The van der Waals surface area contributed by atoms with Gasteiger partial charge < -0.3 is 16.0 Å². The zero-order valence-electron chi connectivity index (χ0n) is 11.2. The molecule has 0 heterocycles. The maximum absolute atomic E-state index is 11.7. The van der Waals surface area contributed by atoms with E-state index in [1.807, 2.05) is 0 Å². The first-order valence-electron chi connectivity index (χ1n) is 6.79. The van der Waals surface area contributed by atoms with Crippen LogP contribution in [-0.4, -0.2) is 43.5 Å². The number of nitrogens with one attached hydrogen (secondary N) is 1. The average Bonchev–Trinajstić information content (AvgIpc) is 2.56. The second-order valence-electron chi connectivity index (χ2n) is 5.28. The van der Waals surface area contributed by atoms with Crippen LogP contribution in [0.1, 0.15) is 44.9 Å². The molecule has 100 valence electrons. The third-order valence-electron chi connectivity index (χ3n) is 3.53. The number of carbonyl (C=O) groups is 1. The lowest BCUT2D eigenvalue weighted by atomic mass is 10.1. The highest BCUT2D eigenvalue weighted by Gasteiger charge is 2.19. The summed E-state index contributed by atoms with van der Waals surface area (Å²) in [6.07, 6.45) is 8.27. The number of nitrogens with zero attached hydrogens (tertiary/aromatic N) is 1. The maximum Gasteiger partial charge on any atom is 0.223 e. The van der Waals surface area contributed by atoms with Crippen molar-refractivity contribution in [3.8, 4) is 0 Å². The Morgan fingerprint density at radius 2 is 1.88 bits per heavy atom. The molecule has 0 aromatic heterocycles. The van der Waals surface area contributed by atoms with E-state index in [9.17, 15) is 4.79 Å². The molecule has 4 heteroatoms. The Hall–Kier alpha value is -0.610. The van der Waals surface area contributed by atoms with E-state index in [4.69, 9.17) is 5.73 Å². The molecule has 1 amide bonds. The van der Waals surface area contributed by atoms with E-state index in [-0.39, 0.29) is 11.9 Å². The zero-order chi connectivity index (χ0) is 12.7. The lowest BCUT2D eigenvalue weighted by Gasteiger charge is -2.24. The Balaban J connectivity index is 2.36. The lowest BCUT2D eigenvalue weighted by molar-refractivity contribution is -0.129. The molecule has 0 aromatic rings. The summed E-state index contributed by atoms with van der Waals surface area (Å²) in [5.74, 6) is 0.154. The fraction of sp³-hybridized carbons (Fsp3) is 0.923. The number of carbonyl (C=O) groups excluding carboxylic acids is 1. The largest absolute Gasteiger partial charge is 0.349 e. The molecule has 1 aliphatic rings. The summed E-state index contributed by atoms with van der Waals surface area (Å²) in [6.45, 7) is 0.538. The first-order chi connectivity index (χ1) is 8.13. The van der Waals surface area contributed by atoms with Crippen molar-refractivity contribution >= 4 is 5.91 Å². The molecule has 1 fully saturated rings. The minimum Gasteiger partial charge on any atom is -0.349 e. The van der Waals surface area contributed by atoms with Gasteiger partial charge in [-0.05, 0) is 12.8 Å². The van der Waals surface area contributed by atoms with Gasteiger partial charge in [-0.25, -0.2) is 0 Å². The van der Waals surface area contributed by atoms with Gasteiger partial charge in [0.2, 0.25) is 5.91 Å². The van der Waals surface area contributed by atoms with Gasteiger partial charge >= 0.3 is 0 Å². The first-order valence-corrected chi connectivity index (χ1v) is 6.79. The predicted molar refractivity (Wildman–Crippen MR) is 70.8 cm³/mol. The van der Waals surface area contributed by atoms with Crippen molar-refractivity contribution in [2.24, 2.45) is 5.73 Å². The quantitative estimate of drug-likeness (QED) is 0.709. The van der Waals surface area contributed by atoms with Gasteiger partial charge in [-0.2, -0.15) is 0 Å². The van der Waals surface area contributed by atoms with E-state index in [0.717, 1.165) is 0 Å². The smallest absolute Gasteiger partial charge is 0.223 e. The standard InChI is InChI=1S/C13H27N3O/c1-16(2)13(17)9-12(10-14)15-11-7-5-3-4-6-8-11/h11-12,15H,3-10,14H2,1-2H3. The second kappa shape index (κ2) is 7.67. The lowest BCUT2D eigenvalue weighted by Crippen LogP contribution is -2.45. The van der Waals surface area contributed by atoms with E-state index in [1.54, 1.807) is 19.0 Å². The van der Waals surface area contributed by atoms with E-state index < -0.39 is 0 Å². The normalized spacial score (nSPS) is 19.7. The summed E-state index contributed by atoms with van der Waals surface area (Å²) in [5, 5.41) is 3.56. The molecule has 4 nitrogen and oxygen atoms in total. The highest BCUT2D eigenvalue weighted by Crippen LogP contribution is 2.17. The Labute approximate surface area is 105 Å². The van der Waals surface area contributed by atoms with Crippen LogP contribution in [0.3, 0.4) is 0 Å². The van der Waals surface area contributed by atoms with Crippen LogP contribution in [0, 0.1) is 0 Å². The van der Waals surface area contributed by atoms with E-state index in [2.05, 4.69) is 5.32 Å². The summed E-state index contributed by atoms with van der Waals surface area (Å²) in [4.78, 5) is 13.3. The van der Waals surface area contributed by atoms with Crippen molar-refractivity contribution in [1.29, 1.82) is 0 Å². The zero-order valence-corrected chi connectivity index (χ0v) is 11.2. The molecular weight excluding hydrogens is 214 g/mol. The summed E-state index contributed by atoms with van der Waals surface area (Å²) in [5.41, 5.74) is 5.74. The van der Waals surface area contributed by atoms with Crippen molar-refractivity contribution in [1.82, 2.24) is 10.2 Å². The SMILES string of the molecule is CN(C)C(=O)CC(CN)NC1CCCCCC1. The molecule has 1 unspecified atom stereocenters. The third kappa shape index (κ3) is 5.50. The van der Waals surface area contributed by atoms with Crippen LogP contribution in [0.2, 0.25) is 0 Å². The molecule has 3 N–H and O–H groups in total. The van der Waals surface area contributed by atoms with Crippen molar-refractivity contribution in [2.75, 3.05) is 20.6 Å². The minimum absolute atomic E-state index is 0.132. The first kappa shape index (κ1) is 14.5. The van der Waals surface area contributed by atoms with Crippen LogP contribution in [0.15, 0.2) is 0 Å². The third-order valence-corrected chi connectivity index (χ3v) is 3.53. The Kier molecular flexibility index (Phi) is 6.52. The molecular formula is C13H27N3O. The van der Waals surface area contributed by atoms with Gasteiger partial charge in [0.15, 0.2) is 0 Å². The molecule has 1 atom stereocenters. The van der Waals surface area contributed by atoms with Gasteiger partial charge in [0, 0.05) is 39.1 Å². The highest BCUT2D eigenvalue weighted by atomic mass is 16.2. The molecule has 0 bridgehead atoms. The monoisotopic (exact) mass is 241 g/mol. The number of rotatable bonds is 5. The Morgan fingerprint density at radius 1 is 1.29 bits per heavy atom. The van der Waals surface area contributed by atoms with Gasteiger partial charge in [0.25, 0.3) is 0 Å². The van der Waals surface area contributed by atoms with Crippen LogP contribution < -0.4 is 11.1 Å². The highest BCUT2D eigenvalue weighted by molar-refractivity contribution is 5.76. The molecule has 0 spiro atoms. The van der Waals surface area contributed by atoms with Gasteiger partial charge in [0.05, 0.1) is 0 Å². The van der Waals surface area contributed by atoms with E-state index >= 15 is 0 Å². The summed E-state index contributed by atoms with van der Waals surface area (Å²) in [6, 6.07) is 0.689. The van der Waals surface area contributed by atoms with Crippen LogP contribution in [0.25, 0.3) is 0 Å². The van der Waals surface area contributed by atoms with Crippen molar-refractivity contribution in [3.63, 3.8) is 0 Å². The van der Waals surface area contributed by atoms with Crippen LogP contribution in [0.4, 0.5) is 0 Å². The van der Waals surface area contributed by atoms with Gasteiger partial charge in [-0.15, -0.1) is 0 Å². The van der Waals surface area contributed by atoms with Crippen LogP contribution in [0.5, 0.6) is 0 Å². The second-order valence-corrected chi connectivity index (χ2v) is 5.28. The van der Waals surface area contributed by atoms with Gasteiger partial charge in [-0.1, -0.05) is 25.7 Å². The molecule has 0 saturated heterocycles. The molecule has 0 radical (unpaired) electrons.